The average molecular weight is 490 g/mol. The molecule has 0 aliphatic heterocycles. The lowest BCUT2D eigenvalue weighted by Gasteiger charge is -2.20. The number of nitro benzene ring substituents is 1. The summed E-state index contributed by atoms with van der Waals surface area (Å²) in [6.45, 7) is 3.64. The number of hydrogen-bond donors (Lipinski definition) is 1. The first-order valence-electron chi connectivity index (χ1n) is 10.0. The van der Waals surface area contributed by atoms with E-state index in [1.807, 2.05) is 24.3 Å². The highest BCUT2D eigenvalue weighted by atomic mass is 35.5. The van der Waals surface area contributed by atoms with Gasteiger partial charge in [0.2, 0.25) is 5.91 Å². The Labute approximate surface area is 200 Å². The summed E-state index contributed by atoms with van der Waals surface area (Å²) in [6.07, 6.45) is 0. The van der Waals surface area contributed by atoms with Crippen molar-refractivity contribution >= 4 is 35.0 Å². The average Bonchev–Trinajstić information content (AvgIpc) is 3.23. The molecule has 33 heavy (non-hydrogen) atoms. The predicted molar refractivity (Wildman–Crippen MR) is 127 cm³/mol. The van der Waals surface area contributed by atoms with Crippen LogP contribution in [0.1, 0.15) is 25.2 Å². The largest absolute Gasteiger partial charge is 0.497 e. The molecule has 11 heteroatoms. The molecule has 0 fully saturated rings. The van der Waals surface area contributed by atoms with E-state index < -0.39 is 10.3 Å². The number of nitrogens with one attached hydrogen (secondary N) is 1. The third kappa shape index (κ3) is 6.02. The molecule has 0 radical (unpaired) electrons. The first kappa shape index (κ1) is 24.5. The van der Waals surface area contributed by atoms with Crippen molar-refractivity contribution in [2.75, 3.05) is 13.0 Å². The number of nitrogens with zero attached hydrogens (tertiary/aromatic N) is 4. The highest BCUT2D eigenvalue weighted by Gasteiger charge is 2.27. The predicted octanol–water partition coefficient (Wildman–Crippen LogP) is 4.36. The first-order chi connectivity index (χ1) is 15.7. The molecule has 0 saturated heterocycles. The number of carbonyl (C=O) groups excluding carboxylic acids is 1. The van der Waals surface area contributed by atoms with Crippen LogP contribution in [-0.4, -0.2) is 38.6 Å². The third-order valence-corrected chi connectivity index (χ3v) is 6.55. The van der Waals surface area contributed by atoms with Crippen molar-refractivity contribution in [2.24, 2.45) is 5.41 Å². The van der Waals surface area contributed by atoms with Crippen LogP contribution in [0, 0.1) is 15.5 Å². The fourth-order valence-corrected chi connectivity index (χ4v) is 3.90. The summed E-state index contributed by atoms with van der Waals surface area (Å²) in [5.41, 5.74) is 0.941. The Hall–Kier alpha value is -3.11. The number of methoxy groups -OCH3 is 1. The lowest BCUT2D eigenvalue weighted by molar-refractivity contribution is -0.384. The zero-order valence-corrected chi connectivity index (χ0v) is 20.0. The maximum absolute atomic E-state index is 12.5. The summed E-state index contributed by atoms with van der Waals surface area (Å²) < 4.78 is 7.06. The number of benzene rings is 2. The van der Waals surface area contributed by atoms with Gasteiger partial charge in [-0.15, -0.1) is 21.8 Å². The smallest absolute Gasteiger partial charge is 0.269 e. The zero-order chi connectivity index (χ0) is 24.0. The highest BCUT2D eigenvalue weighted by Crippen LogP contribution is 2.28. The first-order valence-corrected chi connectivity index (χ1v) is 11.6. The van der Waals surface area contributed by atoms with Crippen LogP contribution in [0.5, 0.6) is 5.75 Å². The SMILES string of the molecule is COc1cccc(CSc2nnc(CNC(=O)C(C)(C)CCl)n2-c2ccc([N+](=O)[O-])cc2)c1. The van der Waals surface area contributed by atoms with E-state index in [2.05, 4.69) is 15.5 Å². The van der Waals surface area contributed by atoms with Gasteiger partial charge in [-0.05, 0) is 43.7 Å². The lowest BCUT2D eigenvalue weighted by Crippen LogP contribution is -2.38. The van der Waals surface area contributed by atoms with Crippen LogP contribution >= 0.6 is 23.4 Å². The van der Waals surface area contributed by atoms with Gasteiger partial charge in [0, 0.05) is 29.5 Å². The van der Waals surface area contributed by atoms with Gasteiger partial charge >= 0.3 is 0 Å². The van der Waals surface area contributed by atoms with Gasteiger partial charge in [0.25, 0.3) is 5.69 Å². The Morgan fingerprint density at radius 2 is 1.97 bits per heavy atom. The van der Waals surface area contributed by atoms with Gasteiger partial charge in [0.05, 0.1) is 24.0 Å². The fraction of sp³-hybridized carbons (Fsp3) is 0.318. The quantitative estimate of drug-likeness (QED) is 0.195. The van der Waals surface area contributed by atoms with Crippen LogP contribution in [0.2, 0.25) is 0 Å². The maximum atomic E-state index is 12.5. The van der Waals surface area contributed by atoms with Gasteiger partial charge in [-0.25, -0.2) is 0 Å². The van der Waals surface area contributed by atoms with Gasteiger partial charge in [-0.2, -0.15) is 0 Å². The number of thioether (sulfide) groups is 1. The van der Waals surface area contributed by atoms with Gasteiger partial charge in [-0.3, -0.25) is 19.5 Å². The van der Waals surface area contributed by atoms with Crippen molar-refractivity contribution in [3.8, 4) is 11.4 Å². The van der Waals surface area contributed by atoms with Crippen molar-refractivity contribution < 1.29 is 14.5 Å². The topological polar surface area (TPSA) is 112 Å². The number of non-ortho nitro benzene ring substituents is 1. The molecular formula is C22H24ClN5O4S. The van der Waals surface area contributed by atoms with E-state index in [-0.39, 0.29) is 24.0 Å². The number of nitro groups is 1. The molecule has 1 amide bonds. The Bertz CT molecular complexity index is 1130. The number of carbonyl (C=O) groups is 1. The Kier molecular flexibility index (Phi) is 7.93. The van der Waals surface area contributed by atoms with E-state index in [1.165, 1.54) is 23.9 Å². The summed E-state index contributed by atoms with van der Waals surface area (Å²) >= 11 is 7.36. The van der Waals surface area contributed by atoms with Crippen LogP contribution in [-0.2, 0) is 17.1 Å². The molecule has 1 aromatic heterocycles. The molecule has 3 aromatic rings. The maximum Gasteiger partial charge on any atom is 0.269 e. The second-order valence-electron chi connectivity index (χ2n) is 7.85. The molecule has 174 valence electrons. The molecular weight excluding hydrogens is 466 g/mol. The zero-order valence-electron chi connectivity index (χ0n) is 18.4. The molecule has 1 heterocycles. The second kappa shape index (κ2) is 10.7. The van der Waals surface area contributed by atoms with E-state index in [0.29, 0.717) is 22.4 Å². The molecule has 2 aromatic carbocycles. The van der Waals surface area contributed by atoms with E-state index in [9.17, 15) is 14.9 Å². The monoisotopic (exact) mass is 489 g/mol. The van der Waals surface area contributed by atoms with Crippen LogP contribution in [0.3, 0.4) is 0 Å². The summed E-state index contributed by atoms with van der Waals surface area (Å²) in [6, 6.07) is 13.8. The van der Waals surface area contributed by atoms with E-state index in [0.717, 1.165) is 11.3 Å². The van der Waals surface area contributed by atoms with E-state index in [4.69, 9.17) is 16.3 Å². The minimum atomic E-state index is -0.732. The second-order valence-corrected chi connectivity index (χ2v) is 9.06. The Balaban J connectivity index is 1.88. The number of aromatic nitrogens is 3. The van der Waals surface area contributed by atoms with Gasteiger partial charge in [0.1, 0.15) is 5.75 Å². The fourth-order valence-electron chi connectivity index (χ4n) is 2.86. The number of amides is 1. The van der Waals surface area contributed by atoms with Crippen LogP contribution in [0.15, 0.2) is 53.7 Å². The number of alkyl halides is 1. The van der Waals surface area contributed by atoms with Crippen LogP contribution in [0.25, 0.3) is 5.69 Å². The van der Waals surface area contributed by atoms with Crippen molar-refractivity contribution in [2.45, 2.75) is 31.3 Å². The van der Waals surface area contributed by atoms with Gasteiger partial charge < -0.3 is 10.1 Å². The number of rotatable bonds is 10. The van der Waals surface area contributed by atoms with Crippen molar-refractivity contribution in [3.63, 3.8) is 0 Å². The van der Waals surface area contributed by atoms with Gasteiger partial charge in [-0.1, -0.05) is 23.9 Å². The minimum absolute atomic E-state index is 0.0175. The summed E-state index contributed by atoms with van der Waals surface area (Å²) in [4.78, 5) is 23.1. The molecule has 0 saturated carbocycles. The lowest BCUT2D eigenvalue weighted by atomic mass is 9.95. The molecule has 0 aliphatic carbocycles. The molecule has 0 unspecified atom stereocenters. The minimum Gasteiger partial charge on any atom is -0.497 e. The third-order valence-electron chi connectivity index (χ3n) is 4.88. The summed E-state index contributed by atoms with van der Waals surface area (Å²) in [5.74, 6) is 1.83. The molecule has 0 atom stereocenters. The number of hydrogen-bond acceptors (Lipinski definition) is 7. The van der Waals surface area contributed by atoms with Crippen LogP contribution in [0.4, 0.5) is 5.69 Å². The molecule has 0 aliphatic rings. The molecule has 0 spiro atoms. The van der Waals surface area contributed by atoms with Crippen LogP contribution < -0.4 is 10.1 Å². The standard InChI is InChI=1S/C22H24ClN5O4S/c1-22(2,14-23)20(29)24-12-19-25-26-21(33-13-15-5-4-6-18(11-15)32-3)27(19)16-7-9-17(10-8-16)28(30)31/h4-11H,12-14H2,1-3H3,(H,24,29). The number of halogens is 1. The van der Waals surface area contributed by atoms with E-state index in [1.54, 1.807) is 37.7 Å². The molecule has 1 N–H and O–H groups in total. The van der Waals surface area contributed by atoms with Crippen molar-refractivity contribution in [3.05, 3.63) is 70.0 Å². The van der Waals surface area contributed by atoms with Crippen molar-refractivity contribution in [1.29, 1.82) is 0 Å². The number of ether oxygens (including phenoxy) is 1. The highest BCUT2D eigenvalue weighted by molar-refractivity contribution is 7.98. The normalized spacial score (nSPS) is 11.3. The molecule has 9 nitrogen and oxygen atoms in total. The summed E-state index contributed by atoms with van der Waals surface area (Å²) in [5, 5.41) is 23.1. The van der Waals surface area contributed by atoms with Gasteiger partial charge in [0.15, 0.2) is 11.0 Å². The molecule has 3 rings (SSSR count). The Morgan fingerprint density at radius 3 is 2.61 bits per heavy atom. The molecule has 0 bridgehead atoms. The summed E-state index contributed by atoms with van der Waals surface area (Å²) in [7, 11) is 1.61. The van der Waals surface area contributed by atoms with Crippen molar-refractivity contribution in [1.82, 2.24) is 20.1 Å². The van der Waals surface area contributed by atoms with E-state index >= 15 is 0 Å². The Morgan fingerprint density at radius 1 is 1.24 bits per heavy atom.